The highest BCUT2D eigenvalue weighted by Crippen LogP contribution is 2.47. The van der Waals surface area contributed by atoms with E-state index in [-0.39, 0.29) is 17.2 Å². The number of nitrogens with zero attached hydrogens (tertiary/aromatic N) is 4. The maximum Gasteiger partial charge on any atom is 0.227 e. The number of nitrogens with two attached hydrogens (primary N) is 2. The van der Waals surface area contributed by atoms with Crippen LogP contribution in [0, 0.1) is 23.2 Å². The van der Waals surface area contributed by atoms with Gasteiger partial charge in [0.1, 0.15) is 12.7 Å². The van der Waals surface area contributed by atoms with Gasteiger partial charge >= 0.3 is 0 Å². The Balaban J connectivity index is 1.34. The number of halogens is 1. The molecule has 208 valence electrons. The van der Waals surface area contributed by atoms with Crippen molar-refractivity contribution in [3.63, 3.8) is 0 Å². The van der Waals surface area contributed by atoms with Crippen LogP contribution in [0.1, 0.15) is 76.2 Å². The van der Waals surface area contributed by atoms with E-state index in [1.807, 2.05) is 35.3 Å². The van der Waals surface area contributed by atoms with Crippen LogP contribution in [0.4, 0.5) is 0 Å². The van der Waals surface area contributed by atoms with Gasteiger partial charge in [0.15, 0.2) is 0 Å². The molecule has 2 saturated carbocycles. The fraction of sp³-hybridized carbons (Fsp3) is 0.700. The summed E-state index contributed by atoms with van der Waals surface area (Å²) in [6, 6.07) is 7.91. The van der Waals surface area contributed by atoms with E-state index in [0.717, 1.165) is 63.7 Å². The molecule has 1 amide bonds. The summed E-state index contributed by atoms with van der Waals surface area (Å²) in [5.41, 5.74) is 13.9. The fourth-order valence-electron chi connectivity index (χ4n) is 7.63. The van der Waals surface area contributed by atoms with Crippen molar-refractivity contribution in [2.45, 2.75) is 89.1 Å². The quantitative estimate of drug-likeness (QED) is 0.499. The Kier molecular flexibility index (Phi) is 8.75. The predicted molar refractivity (Wildman–Crippen MR) is 151 cm³/mol. The molecule has 5 rings (SSSR count). The molecule has 0 radical (unpaired) electrons. The van der Waals surface area contributed by atoms with Gasteiger partial charge in [0.2, 0.25) is 5.91 Å². The third-order valence-corrected chi connectivity index (χ3v) is 10.5. The average Bonchev–Trinajstić information content (AvgIpc) is 3.46. The lowest BCUT2D eigenvalue weighted by Gasteiger charge is -2.49. The van der Waals surface area contributed by atoms with Crippen LogP contribution in [0.15, 0.2) is 36.9 Å². The molecule has 1 aromatic carbocycles. The molecule has 0 unspecified atom stereocenters. The lowest BCUT2D eigenvalue weighted by atomic mass is 9.63. The van der Waals surface area contributed by atoms with Crippen molar-refractivity contribution < 1.29 is 4.79 Å². The zero-order chi connectivity index (χ0) is 26.6. The first-order chi connectivity index (χ1) is 18.4. The summed E-state index contributed by atoms with van der Waals surface area (Å²) in [5.74, 6) is 1.20. The Hall–Kier alpha value is -1.96. The van der Waals surface area contributed by atoms with E-state index in [9.17, 15) is 4.79 Å². The number of aromatic nitrogens is 3. The number of hydrogen-bond donors (Lipinski definition) is 2. The number of piperidine rings is 1. The van der Waals surface area contributed by atoms with Gasteiger partial charge in [-0.2, -0.15) is 5.10 Å². The number of amides is 1. The molecule has 2 aliphatic carbocycles. The third-order valence-electron chi connectivity index (χ3n) is 10.2. The summed E-state index contributed by atoms with van der Waals surface area (Å²) < 4.78 is 2.01. The highest BCUT2D eigenvalue weighted by molar-refractivity contribution is 6.30. The zero-order valence-electron chi connectivity index (χ0n) is 22.7. The van der Waals surface area contributed by atoms with Crippen molar-refractivity contribution in [1.29, 1.82) is 0 Å². The summed E-state index contributed by atoms with van der Waals surface area (Å²) in [6.45, 7) is 3.19. The van der Waals surface area contributed by atoms with Gasteiger partial charge in [0.25, 0.3) is 0 Å². The normalized spacial score (nSPS) is 27.2. The van der Waals surface area contributed by atoms with Crippen molar-refractivity contribution in [3.05, 3.63) is 47.5 Å². The molecule has 38 heavy (non-hydrogen) atoms. The van der Waals surface area contributed by atoms with Gasteiger partial charge in [-0.1, -0.05) is 43.0 Å². The first kappa shape index (κ1) is 27.6. The molecular weight excluding hydrogens is 496 g/mol. The maximum atomic E-state index is 14.3. The van der Waals surface area contributed by atoms with E-state index in [2.05, 4.69) is 15.0 Å². The van der Waals surface area contributed by atoms with Crippen LogP contribution in [0.5, 0.6) is 0 Å². The van der Waals surface area contributed by atoms with Crippen LogP contribution >= 0.6 is 11.6 Å². The monoisotopic (exact) mass is 540 g/mol. The topological polar surface area (TPSA) is 103 Å². The molecule has 1 aromatic heterocycles. The summed E-state index contributed by atoms with van der Waals surface area (Å²) in [7, 11) is 0. The van der Waals surface area contributed by atoms with Crippen LogP contribution in [0.2, 0.25) is 5.02 Å². The van der Waals surface area contributed by atoms with Gasteiger partial charge in [-0.05, 0) is 99.3 Å². The molecule has 0 bridgehead atoms. The van der Waals surface area contributed by atoms with Gasteiger partial charge in [-0.3, -0.25) is 9.48 Å². The molecule has 0 spiro atoms. The number of carbonyl (C=O) groups excluding carboxylic acids is 1. The Labute approximate surface area is 232 Å². The average molecular weight is 541 g/mol. The van der Waals surface area contributed by atoms with E-state index in [1.54, 1.807) is 6.33 Å². The highest BCUT2D eigenvalue weighted by Gasteiger charge is 2.47. The van der Waals surface area contributed by atoms with Crippen molar-refractivity contribution in [1.82, 2.24) is 19.7 Å². The zero-order valence-corrected chi connectivity index (χ0v) is 23.5. The molecule has 1 atom stereocenters. The fourth-order valence-corrected chi connectivity index (χ4v) is 7.76. The summed E-state index contributed by atoms with van der Waals surface area (Å²) >= 11 is 6.16. The second-order valence-electron chi connectivity index (χ2n) is 12.4. The highest BCUT2D eigenvalue weighted by atomic mass is 35.5. The van der Waals surface area contributed by atoms with E-state index >= 15 is 0 Å². The smallest absolute Gasteiger partial charge is 0.227 e. The number of rotatable bonds is 8. The predicted octanol–water partition coefficient (Wildman–Crippen LogP) is 4.83. The molecule has 7 nitrogen and oxygen atoms in total. The van der Waals surface area contributed by atoms with Gasteiger partial charge < -0.3 is 16.4 Å². The minimum Gasteiger partial charge on any atom is -0.342 e. The lowest BCUT2D eigenvalue weighted by Crippen LogP contribution is -2.58. The second-order valence-corrected chi connectivity index (χ2v) is 12.8. The number of carbonyl (C=O) groups is 1. The molecule has 8 heteroatoms. The van der Waals surface area contributed by atoms with Crippen LogP contribution in [0.3, 0.4) is 0 Å². The Morgan fingerprint density at radius 3 is 2.32 bits per heavy atom. The van der Waals surface area contributed by atoms with Crippen molar-refractivity contribution in [3.8, 4) is 0 Å². The van der Waals surface area contributed by atoms with E-state index in [4.69, 9.17) is 23.1 Å². The standard InChI is InChI=1S/C30H45ClN6O/c31-26-8-6-23(7-9-26)18-27(30(33)12-10-24(19-32)11-13-30)28(38)36-16-14-29(15-17-36,20-37-22-34-21-35-37)25-4-2-1-3-5-25/h6-9,21-22,24-25,27H,1-5,10-20,32-33H2/t24?,27-,30?/m0/s1. The van der Waals surface area contributed by atoms with Gasteiger partial charge in [-0.15, -0.1) is 0 Å². The molecule has 3 fully saturated rings. The Morgan fingerprint density at radius 2 is 1.71 bits per heavy atom. The molecule has 2 aromatic rings. The van der Waals surface area contributed by atoms with Gasteiger partial charge in [0.05, 0.1) is 5.92 Å². The minimum absolute atomic E-state index is 0.177. The summed E-state index contributed by atoms with van der Waals surface area (Å²) in [6.07, 6.45) is 16.4. The number of benzene rings is 1. The SMILES string of the molecule is NCC1CCC(N)([C@@H](Cc2ccc(Cl)cc2)C(=O)N2CCC(Cn3cncn3)(C3CCCCC3)CC2)CC1. The van der Waals surface area contributed by atoms with Crippen LogP contribution in [-0.2, 0) is 17.8 Å². The second kappa shape index (κ2) is 12.1. The Bertz CT molecular complexity index is 1020. The summed E-state index contributed by atoms with van der Waals surface area (Å²) in [5, 5.41) is 5.17. The maximum absolute atomic E-state index is 14.3. The van der Waals surface area contributed by atoms with E-state index < -0.39 is 5.54 Å². The summed E-state index contributed by atoms with van der Waals surface area (Å²) in [4.78, 5) is 20.6. The van der Waals surface area contributed by atoms with Crippen molar-refractivity contribution >= 4 is 17.5 Å². The number of hydrogen-bond acceptors (Lipinski definition) is 5. The third kappa shape index (κ3) is 6.10. The van der Waals surface area contributed by atoms with Gasteiger partial charge in [-0.25, -0.2) is 4.98 Å². The van der Waals surface area contributed by atoms with Crippen molar-refractivity contribution in [2.75, 3.05) is 19.6 Å². The van der Waals surface area contributed by atoms with Crippen LogP contribution < -0.4 is 11.5 Å². The van der Waals surface area contributed by atoms with Crippen LogP contribution in [-0.4, -0.2) is 50.7 Å². The first-order valence-electron chi connectivity index (χ1n) is 14.8. The molecular formula is C30H45ClN6O. The van der Waals surface area contributed by atoms with E-state index in [1.165, 1.54) is 32.1 Å². The molecule has 1 saturated heterocycles. The minimum atomic E-state index is -0.499. The number of likely N-dealkylation sites (tertiary alicyclic amines) is 1. The lowest BCUT2D eigenvalue weighted by molar-refractivity contribution is -0.142. The Morgan fingerprint density at radius 1 is 1.03 bits per heavy atom. The largest absolute Gasteiger partial charge is 0.342 e. The molecule has 1 aliphatic heterocycles. The van der Waals surface area contributed by atoms with Crippen LogP contribution in [0.25, 0.3) is 0 Å². The first-order valence-corrected chi connectivity index (χ1v) is 15.1. The molecule has 2 heterocycles. The van der Waals surface area contributed by atoms with Crippen molar-refractivity contribution in [2.24, 2.45) is 34.6 Å². The van der Waals surface area contributed by atoms with Gasteiger partial charge in [0, 0.05) is 30.2 Å². The molecule has 4 N–H and O–H groups in total. The van der Waals surface area contributed by atoms with E-state index in [0.29, 0.717) is 29.8 Å². The molecule has 3 aliphatic rings.